The Hall–Kier alpha value is -2.25. The van der Waals surface area contributed by atoms with Crippen molar-refractivity contribution in [2.45, 2.75) is 401 Å². The Morgan fingerprint density at radius 3 is 1.14 bits per heavy atom. The number of carbonyl (C=O) groups excluding carboxylic acids is 1. The van der Waals surface area contributed by atoms with Gasteiger partial charge < -0.3 is 89.9 Å². The number of carbonyl (C=O) groups is 1. The third-order valence-electron chi connectivity index (χ3n) is 19.2. The molecule has 3 aliphatic heterocycles. The second-order valence-electron chi connectivity index (χ2n) is 27.4. The smallest absolute Gasteiger partial charge is 0.220 e. The molecule has 0 bridgehead atoms. The third-order valence-corrected chi connectivity index (χ3v) is 19.2. The molecule has 17 atom stereocenters. The Labute approximate surface area is 573 Å². The summed E-state index contributed by atoms with van der Waals surface area (Å²) in [4.78, 5) is 13.5. The molecule has 3 rings (SSSR count). The number of nitrogens with one attached hydrogen (secondary N) is 1. The average molecular weight is 1350 g/mol. The SMILES string of the molecule is CC/C=C\C/C=C\C/C=C\C/C=C\CCCCCCCCCCCCCCCCCCCCCCC(=O)NC(COC1OC(CO)C(OC2OC(CO)C(OC3OC(CO)C(O)C(O)C3O)C(O)C2O)C(O)C1O)C(O)CCCCCCCCCCCCCCCCCCC. The summed E-state index contributed by atoms with van der Waals surface area (Å²) in [5.41, 5.74) is 0. The highest BCUT2D eigenvalue weighted by molar-refractivity contribution is 5.76. The Morgan fingerprint density at radius 2 is 0.726 bits per heavy atom. The molecule has 0 aromatic heterocycles. The number of amides is 1. The summed E-state index contributed by atoms with van der Waals surface area (Å²) in [5, 5.41) is 121. The number of hydrogen-bond donors (Lipinski definition) is 12. The molecule has 0 radical (unpaired) electrons. The van der Waals surface area contributed by atoms with Gasteiger partial charge in [0, 0.05) is 6.42 Å². The number of aliphatic hydroxyl groups is 11. The molecule has 0 aromatic carbocycles. The van der Waals surface area contributed by atoms with E-state index in [4.69, 9.17) is 28.4 Å². The maximum atomic E-state index is 13.5. The number of unbranched alkanes of at least 4 members (excludes halogenated alkanes) is 36. The van der Waals surface area contributed by atoms with Crippen molar-refractivity contribution in [1.82, 2.24) is 5.32 Å². The molecule has 17 unspecified atom stereocenters. The topological polar surface area (TPSA) is 307 Å². The fraction of sp³-hybridized carbons (Fsp3) is 0.882. The fourth-order valence-corrected chi connectivity index (χ4v) is 13.0. The van der Waals surface area contributed by atoms with Gasteiger partial charge in [-0.1, -0.05) is 287 Å². The van der Waals surface area contributed by atoms with Crippen LogP contribution >= 0.6 is 0 Å². The molecule has 12 N–H and O–H groups in total. The lowest BCUT2D eigenvalue weighted by Crippen LogP contribution is -2.66. The van der Waals surface area contributed by atoms with Gasteiger partial charge in [-0.15, -0.1) is 0 Å². The maximum Gasteiger partial charge on any atom is 0.220 e. The quantitative estimate of drug-likeness (QED) is 0.0199. The lowest BCUT2D eigenvalue weighted by molar-refractivity contribution is -0.379. The van der Waals surface area contributed by atoms with E-state index in [1.165, 1.54) is 193 Å². The van der Waals surface area contributed by atoms with Crippen molar-refractivity contribution in [2.24, 2.45) is 0 Å². The minimum Gasteiger partial charge on any atom is -0.394 e. The van der Waals surface area contributed by atoms with E-state index >= 15 is 0 Å². The van der Waals surface area contributed by atoms with E-state index in [1.807, 2.05) is 0 Å². The average Bonchev–Trinajstić information content (AvgIpc) is 0.786. The first-order chi connectivity index (χ1) is 46.3. The van der Waals surface area contributed by atoms with E-state index < -0.39 is 124 Å². The normalized spacial score (nSPS) is 27.4. The molecule has 0 spiro atoms. The van der Waals surface area contributed by atoms with Gasteiger partial charge in [-0.2, -0.15) is 0 Å². The van der Waals surface area contributed by atoms with Crippen LogP contribution in [0.4, 0.5) is 0 Å². The number of hydrogen-bond acceptors (Lipinski definition) is 18. The van der Waals surface area contributed by atoms with Gasteiger partial charge >= 0.3 is 0 Å². The number of allylic oxidation sites excluding steroid dienone is 8. The minimum atomic E-state index is -1.97. The zero-order valence-electron chi connectivity index (χ0n) is 59.2. The van der Waals surface area contributed by atoms with E-state index in [9.17, 15) is 61.0 Å². The molecule has 19 heteroatoms. The Kier molecular flexibility index (Phi) is 52.5. The highest BCUT2D eigenvalue weighted by Gasteiger charge is 2.53. The first kappa shape index (κ1) is 87.0. The maximum absolute atomic E-state index is 13.5. The van der Waals surface area contributed by atoms with Crippen molar-refractivity contribution in [3.8, 4) is 0 Å². The van der Waals surface area contributed by atoms with Crippen LogP contribution in [-0.4, -0.2) is 193 Å². The van der Waals surface area contributed by atoms with E-state index in [1.54, 1.807) is 0 Å². The van der Waals surface area contributed by atoms with E-state index in [0.29, 0.717) is 12.8 Å². The predicted octanol–water partition coefficient (Wildman–Crippen LogP) is 11.7. The van der Waals surface area contributed by atoms with Crippen molar-refractivity contribution in [3.63, 3.8) is 0 Å². The van der Waals surface area contributed by atoms with Crippen LogP contribution in [0.5, 0.6) is 0 Å². The van der Waals surface area contributed by atoms with E-state index in [0.717, 1.165) is 70.6 Å². The zero-order chi connectivity index (χ0) is 68.9. The molecule has 3 aliphatic rings. The molecular formula is C76H139NO18. The Balaban J connectivity index is 1.35. The van der Waals surface area contributed by atoms with Gasteiger partial charge in [0.25, 0.3) is 0 Å². The van der Waals surface area contributed by atoms with Gasteiger partial charge in [0.05, 0.1) is 38.6 Å². The van der Waals surface area contributed by atoms with Crippen LogP contribution in [0.1, 0.15) is 296 Å². The van der Waals surface area contributed by atoms with Gasteiger partial charge in [-0.25, -0.2) is 0 Å². The summed E-state index contributed by atoms with van der Waals surface area (Å²) in [6.45, 7) is 1.72. The van der Waals surface area contributed by atoms with Gasteiger partial charge in [0.15, 0.2) is 18.9 Å². The first-order valence-corrected chi connectivity index (χ1v) is 38.4. The van der Waals surface area contributed by atoms with Gasteiger partial charge in [0.1, 0.15) is 73.2 Å². The first-order valence-electron chi connectivity index (χ1n) is 38.4. The third kappa shape index (κ3) is 38.4. The molecule has 556 valence electrons. The molecule has 3 fully saturated rings. The molecule has 3 heterocycles. The van der Waals surface area contributed by atoms with Crippen LogP contribution in [0.15, 0.2) is 48.6 Å². The fourth-order valence-electron chi connectivity index (χ4n) is 13.0. The summed E-state index contributed by atoms with van der Waals surface area (Å²) in [6.07, 6.45) is 43.4. The van der Waals surface area contributed by atoms with Crippen molar-refractivity contribution >= 4 is 5.91 Å². The Bertz CT molecular complexity index is 1910. The molecule has 0 aromatic rings. The lowest BCUT2D eigenvalue weighted by atomic mass is 9.96. The summed E-state index contributed by atoms with van der Waals surface area (Å²) in [6, 6.07) is -0.887. The number of ether oxygens (including phenoxy) is 6. The van der Waals surface area contributed by atoms with Crippen molar-refractivity contribution in [1.29, 1.82) is 0 Å². The monoisotopic (exact) mass is 1350 g/mol. The van der Waals surface area contributed by atoms with Gasteiger partial charge in [-0.3, -0.25) is 4.79 Å². The largest absolute Gasteiger partial charge is 0.394 e. The van der Waals surface area contributed by atoms with Crippen LogP contribution < -0.4 is 5.32 Å². The van der Waals surface area contributed by atoms with Crippen LogP contribution in [0, 0.1) is 0 Å². The molecule has 1 amide bonds. The standard InChI is InChI=1S/C76H139NO18/c1-3-5-7-9-11-13-15-17-19-21-22-23-24-25-26-27-28-29-30-31-32-33-34-35-36-38-40-42-44-46-48-50-52-54-64(82)77-59(60(81)53-51-49-47-45-43-41-39-37-20-18-16-14-12-10-8-6-4-2)58-90-74-70(88)67(85)72(62(56-79)92-74)95-76-71(89)68(86)73(63(57-80)93-76)94-75-69(87)66(84)65(83)61(55-78)91-75/h5,7,11,13,17,19,22-23,59-63,65-76,78-81,83-89H,3-4,6,8-10,12,14-16,18,20-21,24-58H2,1-2H3,(H,77,82)/b7-5-,13-11-,19-17-,23-22-. The van der Waals surface area contributed by atoms with Crippen molar-refractivity contribution in [3.05, 3.63) is 48.6 Å². The van der Waals surface area contributed by atoms with E-state index in [-0.39, 0.29) is 18.9 Å². The predicted molar refractivity (Wildman–Crippen MR) is 374 cm³/mol. The zero-order valence-corrected chi connectivity index (χ0v) is 59.2. The molecular weight excluding hydrogens is 1210 g/mol. The second kappa shape index (κ2) is 57.4. The van der Waals surface area contributed by atoms with Crippen LogP contribution in [-0.2, 0) is 33.2 Å². The van der Waals surface area contributed by atoms with Crippen LogP contribution in [0.3, 0.4) is 0 Å². The lowest BCUT2D eigenvalue weighted by Gasteiger charge is -2.48. The molecule has 19 nitrogen and oxygen atoms in total. The van der Waals surface area contributed by atoms with Crippen molar-refractivity contribution < 1.29 is 89.4 Å². The Morgan fingerprint density at radius 1 is 0.389 bits per heavy atom. The summed E-state index contributed by atoms with van der Waals surface area (Å²) >= 11 is 0. The van der Waals surface area contributed by atoms with Gasteiger partial charge in [0.2, 0.25) is 5.91 Å². The highest BCUT2D eigenvalue weighted by atomic mass is 16.8. The van der Waals surface area contributed by atoms with Crippen molar-refractivity contribution in [2.75, 3.05) is 26.4 Å². The summed E-state index contributed by atoms with van der Waals surface area (Å²) < 4.78 is 34.5. The molecule has 3 saturated heterocycles. The van der Waals surface area contributed by atoms with Crippen LogP contribution in [0.25, 0.3) is 0 Å². The second-order valence-corrected chi connectivity index (χ2v) is 27.4. The van der Waals surface area contributed by atoms with Crippen LogP contribution in [0.2, 0.25) is 0 Å². The van der Waals surface area contributed by atoms with E-state index in [2.05, 4.69) is 67.8 Å². The minimum absolute atomic E-state index is 0.238. The summed E-state index contributed by atoms with van der Waals surface area (Å²) in [7, 11) is 0. The van der Waals surface area contributed by atoms with Gasteiger partial charge in [-0.05, 0) is 51.4 Å². The molecule has 0 saturated carbocycles. The highest BCUT2D eigenvalue weighted by Crippen LogP contribution is 2.33. The molecule has 95 heavy (non-hydrogen) atoms. The number of aliphatic hydroxyl groups excluding tert-OH is 11. The number of rotatable bonds is 60. The summed E-state index contributed by atoms with van der Waals surface area (Å²) in [5.74, 6) is -0.238. The molecule has 0 aliphatic carbocycles.